The Morgan fingerprint density at radius 3 is 2.26 bits per heavy atom. The minimum atomic E-state index is -2.14. The second kappa shape index (κ2) is 17.9. The van der Waals surface area contributed by atoms with Crippen LogP contribution in [0.3, 0.4) is 0 Å². The largest absolute Gasteiger partial charge is 0.491 e. The van der Waals surface area contributed by atoms with Crippen LogP contribution in [0.5, 0.6) is 5.75 Å². The molecule has 1 aliphatic carbocycles. The van der Waals surface area contributed by atoms with Gasteiger partial charge >= 0.3 is 12.1 Å². The zero-order valence-corrected chi connectivity index (χ0v) is 35.1. The number of hydrogen-bond donors (Lipinski definition) is 2. The Balaban J connectivity index is 1.30. The molecule has 3 N–H and O–H groups in total. The van der Waals surface area contributed by atoms with Crippen molar-refractivity contribution in [2.75, 3.05) is 18.1 Å². The van der Waals surface area contributed by atoms with Crippen LogP contribution < -0.4 is 15.4 Å². The van der Waals surface area contributed by atoms with Crippen molar-refractivity contribution in [1.82, 2.24) is 4.90 Å². The Labute approximate surface area is 374 Å². The predicted molar refractivity (Wildman–Crippen MR) is 237 cm³/mol. The van der Waals surface area contributed by atoms with Gasteiger partial charge in [0.1, 0.15) is 36.5 Å². The van der Waals surface area contributed by atoms with Crippen LogP contribution in [-0.2, 0) is 35.9 Å². The molecule has 6 atom stereocenters. The highest BCUT2D eigenvalue weighted by Gasteiger charge is 2.76. The number of primary amides is 1. The highest BCUT2D eigenvalue weighted by Crippen LogP contribution is 2.66. The number of anilines is 1. The smallest absolute Gasteiger partial charge is 0.421 e. The van der Waals surface area contributed by atoms with E-state index in [0.29, 0.717) is 27.8 Å². The number of carbonyl (C=O) groups excluding carboxylic acids is 4. The predicted octanol–water partition coefficient (Wildman–Crippen LogP) is 7.31. The molecule has 0 radical (unpaired) electrons. The van der Waals surface area contributed by atoms with Crippen LogP contribution in [0.25, 0.3) is 0 Å². The van der Waals surface area contributed by atoms with E-state index in [1.807, 2.05) is 65.6 Å². The van der Waals surface area contributed by atoms with E-state index in [9.17, 15) is 24.8 Å². The lowest BCUT2D eigenvalue weighted by atomic mass is 9.65. The number of carbonyl (C=O) groups is 4. The average molecular weight is 873 g/mol. The van der Waals surface area contributed by atoms with E-state index in [4.69, 9.17) is 19.9 Å². The average Bonchev–Trinajstić information content (AvgIpc) is 3.79. The van der Waals surface area contributed by atoms with Crippen molar-refractivity contribution in [2.45, 2.75) is 61.9 Å². The number of allylic oxidation sites excluding steroid dienone is 2. The van der Waals surface area contributed by atoms with Crippen LogP contribution in [0.2, 0.25) is 0 Å². The number of aliphatic hydroxyl groups excluding tert-OH is 1. The molecule has 9 rings (SSSR count). The van der Waals surface area contributed by atoms with Crippen LogP contribution in [-0.4, -0.2) is 58.1 Å². The van der Waals surface area contributed by atoms with E-state index in [1.54, 1.807) is 42.5 Å². The van der Waals surface area contributed by atoms with Crippen molar-refractivity contribution in [1.29, 1.82) is 0 Å². The quantitative estimate of drug-likeness (QED) is 0.0619. The molecule has 14 heteroatoms. The molecule has 0 bridgehead atoms. The number of benzene rings is 5. The number of imide groups is 1. The number of non-ortho nitro benzene ring substituents is 1. The Hall–Kier alpha value is -7.60. The number of nitrogens with two attached hydrogens (primary N) is 1. The summed E-state index contributed by atoms with van der Waals surface area (Å²) in [7, 11) is 0. The molecule has 5 aromatic carbocycles. The van der Waals surface area contributed by atoms with Gasteiger partial charge in [0.05, 0.1) is 35.2 Å². The molecule has 3 aliphatic heterocycles. The molecule has 14 nitrogen and oxygen atoms in total. The molecule has 0 unspecified atom stereocenters. The summed E-state index contributed by atoms with van der Waals surface area (Å²) < 4.78 is 18.4. The molecule has 328 valence electrons. The maximum Gasteiger partial charge on any atom is 0.421 e. The first-order valence-electron chi connectivity index (χ1n) is 21.4. The number of cyclic esters (lactones) is 1. The molecule has 65 heavy (non-hydrogen) atoms. The van der Waals surface area contributed by atoms with E-state index >= 15 is 9.59 Å². The van der Waals surface area contributed by atoms with Gasteiger partial charge in [-0.2, -0.15) is 0 Å². The number of nitro groups is 1. The third-order valence-corrected chi connectivity index (χ3v) is 12.7. The first-order valence-corrected chi connectivity index (χ1v) is 21.4. The van der Waals surface area contributed by atoms with Gasteiger partial charge in [0.15, 0.2) is 0 Å². The second-order valence-corrected chi connectivity index (χ2v) is 16.4. The van der Waals surface area contributed by atoms with Gasteiger partial charge in [0, 0.05) is 23.3 Å². The highest BCUT2D eigenvalue weighted by atomic mass is 16.6. The topological polar surface area (TPSA) is 192 Å². The summed E-state index contributed by atoms with van der Waals surface area (Å²) in [5, 5.41) is 21.3. The fraction of sp³-hybridized carbons (Fsp3) is 0.255. The second-order valence-electron chi connectivity index (χ2n) is 16.4. The van der Waals surface area contributed by atoms with Gasteiger partial charge < -0.3 is 25.1 Å². The molecule has 3 heterocycles. The van der Waals surface area contributed by atoms with E-state index in [1.165, 1.54) is 24.3 Å². The summed E-state index contributed by atoms with van der Waals surface area (Å²) >= 11 is 0. The number of nitrogens with zero attached hydrogens (tertiary/aromatic N) is 3. The number of nitro benzene ring substituents is 1. The summed E-state index contributed by atoms with van der Waals surface area (Å²) in [4.78, 5) is 73.9. The minimum absolute atomic E-state index is 0.0835. The van der Waals surface area contributed by atoms with Crippen LogP contribution >= 0.6 is 0 Å². The van der Waals surface area contributed by atoms with Crippen LogP contribution in [0.15, 0.2) is 139 Å². The molecule has 2 fully saturated rings. The Morgan fingerprint density at radius 2 is 1.58 bits per heavy atom. The van der Waals surface area contributed by atoms with Gasteiger partial charge in [0.25, 0.3) is 5.69 Å². The highest BCUT2D eigenvalue weighted by molar-refractivity contribution is 6.23. The molecule has 2 saturated heterocycles. The zero-order chi connectivity index (χ0) is 45.2. The van der Waals surface area contributed by atoms with Gasteiger partial charge in [-0.25, -0.2) is 9.69 Å². The van der Waals surface area contributed by atoms with Crippen molar-refractivity contribution in [3.05, 3.63) is 183 Å². The SMILES string of the molecule is NC(=O)[C@H]1[C@@H]2C(=O)O[C@@H](c3ccccc3)[C@@H](c3ccccc3)N2[C@@H](c2ccccc2OCCO)[C@]12C(=O)N(C(=O)OCc1ccc([N+](=O)[O-])cc1)c1ccc(C#CC3=CCCCC3)cc12. The lowest BCUT2D eigenvalue weighted by Crippen LogP contribution is -2.55. The van der Waals surface area contributed by atoms with Gasteiger partial charge in [-0.1, -0.05) is 96.8 Å². The number of hydrogen-bond acceptors (Lipinski definition) is 11. The fourth-order valence-electron chi connectivity index (χ4n) is 9.99. The monoisotopic (exact) mass is 872 g/mol. The molecular weight excluding hydrogens is 829 g/mol. The van der Waals surface area contributed by atoms with Crippen molar-refractivity contribution in [3.8, 4) is 17.6 Å². The molecule has 0 saturated carbocycles. The number of para-hydroxylation sites is 1. The first-order chi connectivity index (χ1) is 31.6. The minimum Gasteiger partial charge on any atom is -0.491 e. The Morgan fingerprint density at radius 1 is 0.877 bits per heavy atom. The molecule has 5 aromatic rings. The lowest BCUT2D eigenvalue weighted by molar-refractivity contribution is -0.384. The van der Waals surface area contributed by atoms with Crippen molar-refractivity contribution >= 4 is 35.3 Å². The summed E-state index contributed by atoms with van der Waals surface area (Å²) in [5.41, 5.74) is 8.08. The number of morpholine rings is 1. The normalized spacial score (nSPS) is 23.4. The molecule has 1 spiro atoms. The van der Waals surface area contributed by atoms with E-state index in [2.05, 4.69) is 17.9 Å². The van der Waals surface area contributed by atoms with Crippen LogP contribution in [0, 0.1) is 27.9 Å². The van der Waals surface area contributed by atoms with E-state index in [0.717, 1.165) is 36.2 Å². The maximum atomic E-state index is 16.2. The summed E-state index contributed by atoms with van der Waals surface area (Å²) in [6.07, 6.45) is 3.83. The summed E-state index contributed by atoms with van der Waals surface area (Å²) in [5.74, 6) is 2.44. The Bertz CT molecular complexity index is 2770. The number of ether oxygens (including phenoxy) is 3. The van der Waals surface area contributed by atoms with Gasteiger partial charge in [-0.15, -0.1) is 0 Å². The summed E-state index contributed by atoms with van der Waals surface area (Å²) in [6.45, 7) is -0.834. The van der Waals surface area contributed by atoms with Gasteiger partial charge in [-0.3, -0.25) is 29.4 Å². The molecule has 4 aliphatic rings. The van der Waals surface area contributed by atoms with Crippen LogP contribution in [0.4, 0.5) is 16.2 Å². The maximum absolute atomic E-state index is 16.2. The van der Waals surface area contributed by atoms with Gasteiger partial charge in [0.2, 0.25) is 11.8 Å². The third kappa shape index (κ3) is 7.58. The number of fused-ring (bicyclic) bond motifs is 3. The van der Waals surface area contributed by atoms with Crippen molar-refractivity contribution < 1.29 is 43.4 Å². The van der Waals surface area contributed by atoms with Gasteiger partial charge in [-0.05, 0) is 89.9 Å². The molecule has 3 amide bonds. The van der Waals surface area contributed by atoms with Crippen LogP contribution in [0.1, 0.15) is 77.3 Å². The fourth-order valence-corrected chi connectivity index (χ4v) is 9.99. The molecular formula is C51H44N4O10. The van der Waals surface area contributed by atoms with E-state index in [-0.39, 0.29) is 42.5 Å². The third-order valence-electron chi connectivity index (χ3n) is 12.7. The van der Waals surface area contributed by atoms with Crippen molar-refractivity contribution in [2.24, 2.45) is 11.7 Å². The lowest BCUT2D eigenvalue weighted by Gasteiger charge is -2.46. The zero-order valence-electron chi connectivity index (χ0n) is 35.1. The van der Waals surface area contributed by atoms with Crippen molar-refractivity contribution in [3.63, 3.8) is 0 Å². The number of rotatable bonds is 10. The van der Waals surface area contributed by atoms with E-state index < -0.39 is 64.4 Å². The first kappa shape index (κ1) is 42.7. The molecule has 0 aromatic heterocycles. The number of amides is 3. The Kier molecular flexibility index (Phi) is 11.7. The number of aliphatic hydroxyl groups is 1. The number of esters is 1. The summed E-state index contributed by atoms with van der Waals surface area (Å²) in [6, 6.07) is 32.1. The standard InChI is InChI=1S/C51H44N4O10/c52-47(57)42-44-48(58)65-45(36-16-8-3-9-17-36)43(35-14-6-2-7-15-35)54(44)46(38-18-10-11-19-41(38)63-29-28-56)51(42)39-30-33(21-20-32-12-4-1-5-13-32)24-27-40(39)53(49(51)59)50(60)64-31-34-22-25-37(26-23-34)55(61)62/h2-3,6-12,14-19,22-27,30,42-46,56H,1,4-5,13,28-29,31H2,(H2,52,57)/t42-,43-,44-,45+,46+,51-/m1/s1.